The van der Waals surface area contributed by atoms with E-state index in [1.807, 2.05) is 6.07 Å². The van der Waals surface area contributed by atoms with Crippen molar-refractivity contribution in [2.45, 2.75) is 38.2 Å². The molecule has 1 aromatic carbocycles. The predicted octanol–water partition coefficient (Wildman–Crippen LogP) is 3.97. The van der Waals surface area contributed by atoms with Crippen LogP contribution in [0.4, 0.5) is 5.69 Å². The lowest BCUT2D eigenvalue weighted by molar-refractivity contribution is 0.0583. The van der Waals surface area contributed by atoms with E-state index < -0.39 is 0 Å². The van der Waals surface area contributed by atoms with Gasteiger partial charge < -0.3 is 10.1 Å². The molecule has 102 valence electrons. The third-order valence-corrected chi connectivity index (χ3v) is 3.63. The minimum atomic E-state index is 0.477. The number of anilines is 1. The van der Waals surface area contributed by atoms with Crippen molar-refractivity contribution in [1.29, 1.82) is 5.26 Å². The van der Waals surface area contributed by atoms with Gasteiger partial charge in [0.2, 0.25) is 0 Å². The van der Waals surface area contributed by atoms with Crippen molar-refractivity contribution in [1.82, 2.24) is 0 Å². The van der Waals surface area contributed by atoms with Crippen molar-refractivity contribution in [3.63, 3.8) is 0 Å². The Kier molecular flexibility index (Phi) is 5.50. The molecule has 0 heterocycles. The van der Waals surface area contributed by atoms with Crippen LogP contribution in [-0.4, -0.2) is 19.3 Å². The van der Waals surface area contributed by atoms with Crippen molar-refractivity contribution in [3.05, 3.63) is 28.8 Å². The van der Waals surface area contributed by atoms with Gasteiger partial charge in [-0.3, -0.25) is 0 Å². The second-order valence-electron chi connectivity index (χ2n) is 4.86. The van der Waals surface area contributed by atoms with Gasteiger partial charge in [0.15, 0.2) is 0 Å². The van der Waals surface area contributed by atoms with Crippen LogP contribution in [0.5, 0.6) is 0 Å². The summed E-state index contributed by atoms with van der Waals surface area (Å²) in [5, 5.41) is 12.9. The monoisotopic (exact) mass is 278 g/mol. The maximum atomic E-state index is 9.02. The van der Waals surface area contributed by atoms with Crippen LogP contribution in [0, 0.1) is 11.3 Å². The number of halogens is 1. The first kappa shape index (κ1) is 14.2. The predicted molar refractivity (Wildman–Crippen MR) is 77.5 cm³/mol. The molecule has 0 saturated heterocycles. The summed E-state index contributed by atoms with van der Waals surface area (Å²) in [6, 6.07) is 7.46. The van der Waals surface area contributed by atoms with Crippen LogP contribution in [-0.2, 0) is 4.74 Å². The molecule has 1 aliphatic carbocycles. The molecular formula is C15H19ClN2O. The van der Waals surface area contributed by atoms with E-state index in [-0.39, 0.29) is 0 Å². The summed E-state index contributed by atoms with van der Waals surface area (Å²) < 4.78 is 5.79. The summed E-state index contributed by atoms with van der Waals surface area (Å²) >= 11 is 5.85. The molecule has 4 heteroatoms. The van der Waals surface area contributed by atoms with E-state index in [9.17, 15) is 0 Å². The minimum Gasteiger partial charge on any atom is -0.384 e. The van der Waals surface area contributed by atoms with E-state index in [2.05, 4.69) is 11.4 Å². The summed E-state index contributed by atoms with van der Waals surface area (Å²) in [6.07, 6.45) is 6.46. The SMILES string of the molecule is N#Cc1cc(Cl)ccc1NCCCOC1CCCC1. The van der Waals surface area contributed by atoms with Gasteiger partial charge in [-0.15, -0.1) is 0 Å². The molecule has 1 saturated carbocycles. The first-order valence-electron chi connectivity index (χ1n) is 6.85. The zero-order chi connectivity index (χ0) is 13.5. The molecule has 0 aliphatic heterocycles. The van der Waals surface area contributed by atoms with Gasteiger partial charge in [0, 0.05) is 18.2 Å². The zero-order valence-electron chi connectivity index (χ0n) is 11.0. The highest BCUT2D eigenvalue weighted by molar-refractivity contribution is 6.30. The maximum Gasteiger partial charge on any atom is 0.101 e. The number of benzene rings is 1. The van der Waals surface area contributed by atoms with Crippen molar-refractivity contribution in [2.24, 2.45) is 0 Å². The number of hydrogen-bond acceptors (Lipinski definition) is 3. The Hall–Kier alpha value is -1.24. The molecule has 0 aromatic heterocycles. The summed E-state index contributed by atoms with van der Waals surface area (Å²) in [6.45, 7) is 1.59. The number of ether oxygens (including phenoxy) is 1. The normalized spacial score (nSPS) is 15.4. The maximum absolute atomic E-state index is 9.02. The van der Waals surface area contributed by atoms with E-state index in [0.29, 0.717) is 16.7 Å². The molecule has 0 spiro atoms. The molecule has 2 rings (SSSR count). The number of nitrogens with one attached hydrogen (secondary N) is 1. The van der Waals surface area contributed by atoms with E-state index >= 15 is 0 Å². The van der Waals surface area contributed by atoms with Crippen LogP contribution in [0.15, 0.2) is 18.2 Å². The van der Waals surface area contributed by atoms with Crippen LogP contribution in [0.3, 0.4) is 0 Å². The van der Waals surface area contributed by atoms with E-state index in [4.69, 9.17) is 21.6 Å². The van der Waals surface area contributed by atoms with E-state index in [1.54, 1.807) is 12.1 Å². The van der Waals surface area contributed by atoms with E-state index in [0.717, 1.165) is 25.3 Å². The Bertz CT molecular complexity index is 450. The fraction of sp³-hybridized carbons (Fsp3) is 0.533. The first-order chi connectivity index (χ1) is 9.29. The molecule has 0 radical (unpaired) electrons. The molecule has 0 unspecified atom stereocenters. The summed E-state index contributed by atoms with van der Waals surface area (Å²) in [4.78, 5) is 0. The molecule has 0 bridgehead atoms. The van der Waals surface area contributed by atoms with Gasteiger partial charge in [0.05, 0.1) is 17.4 Å². The molecular weight excluding hydrogens is 260 g/mol. The quantitative estimate of drug-likeness (QED) is 0.801. The Balaban J connectivity index is 1.69. The van der Waals surface area contributed by atoms with Crippen LogP contribution < -0.4 is 5.32 Å². The average Bonchev–Trinajstić information content (AvgIpc) is 2.93. The van der Waals surface area contributed by atoms with Gasteiger partial charge in [-0.2, -0.15) is 5.26 Å². The molecule has 1 fully saturated rings. The largest absolute Gasteiger partial charge is 0.384 e. The van der Waals surface area contributed by atoms with Gasteiger partial charge in [0.1, 0.15) is 6.07 Å². The highest BCUT2D eigenvalue weighted by atomic mass is 35.5. The van der Waals surface area contributed by atoms with Crippen molar-refractivity contribution < 1.29 is 4.74 Å². The highest BCUT2D eigenvalue weighted by Crippen LogP contribution is 2.21. The van der Waals surface area contributed by atoms with Crippen molar-refractivity contribution >= 4 is 17.3 Å². The zero-order valence-corrected chi connectivity index (χ0v) is 11.7. The molecule has 19 heavy (non-hydrogen) atoms. The van der Waals surface area contributed by atoms with Gasteiger partial charge >= 0.3 is 0 Å². The third-order valence-electron chi connectivity index (χ3n) is 3.39. The van der Waals surface area contributed by atoms with Crippen LogP contribution in [0.2, 0.25) is 5.02 Å². The number of nitriles is 1. The Morgan fingerprint density at radius 2 is 2.16 bits per heavy atom. The van der Waals surface area contributed by atoms with Gasteiger partial charge in [-0.25, -0.2) is 0 Å². The molecule has 1 aliphatic rings. The van der Waals surface area contributed by atoms with Gasteiger partial charge in [-0.1, -0.05) is 24.4 Å². The summed E-state index contributed by atoms with van der Waals surface area (Å²) in [7, 11) is 0. The molecule has 0 amide bonds. The Morgan fingerprint density at radius 3 is 2.89 bits per heavy atom. The Labute approximate surface area is 119 Å². The molecule has 3 nitrogen and oxygen atoms in total. The second-order valence-corrected chi connectivity index (χ2v) is 5.30. The van der Waals surface area contributed by atoms with Crippen LogP contribution in [0.1, 0.15) is 37.7 Å². The first-order valence-corrected chi connectivity index (χ1v) is 7.22. The summed E-state index contributed by atoms with van der Waals surface area (Å²) in [5.74, 6) is 0. The number of rotatable bonds is 6. The fourth-order valence-corrected chi connectivity index (χ4v) is 2.54. The third kappa shape index (κ3) is 4.41. The van der Waals surface area contributed by atoms with Gasteiger partial charge in [0.25, 0.3) is 0 Å². The lowest BCUT2D eigenvalue weighted by atomic mass is 10.2. The van der Waals surface area contributed by atoms with Crippen molar-refractivity contribution in [3.8, 4) is 6.07 Å². The van der Waals surface area contributed by atoms with Crippen LogP contribution in [0.25, 0.3) is 0 Å². The van der Waals surface area contributed by atoms with Gasteiger partial charge in [-0.05, 0) is 37.5 Å². The summed E-state index contributed by atoms with van der Waals surface area (Å²) in [5.41, 5.74) is 1.43. The van der Waals surface area contributed by atoms with Crippen molar-refractivity contribution in [2.75, 3.05) is 18.5 Å². The fourth-order valence-electron chi connectivity index (χ4n) is 2.36. The lowest BCUT2D eigenvalue weighted by Gasteiger charge is -2.12. The molecule has 1 N–H and O–H groups in total. The smallest absolute Gasteiger partial charge is 0.101 e. The standard InChI is InChI=1S/C15H19ClN2O/c16-13-6-7-15(12(10-13)11-17)18-8-3-9-19-14-4-1-2-5-14/h6-7,10,14,18H,1-5,8-9H2. The second kappa shape index (κ2) is 7.37. The highest BCUT2D eigenvalue weighted by Gasteiger charge is 2.14. The number of nitrogens with zero attached hydrogens (tertiary/aromatic N) is 1. The average molecular weight is 279 g/mol. The molecule has 0 atom stereocenters. The van der Waals surface area contributed by atoms with Crippen LogP contribution >= 0.6 is 11.6 Å². The minimum absolute atomic E-state index is 0.477. The topological polar surface area (TPSA) is 45.0 Å². The Morgan fingerprint density at radius 1 is 1.37 bits per heavy atom. The van der Waals surface area contributed by atoms with E-state index in [1.165, 1.54) is 25.7 Å². The number of hydrogen-bond donors (Lipinski definition) is 1. The lowest BCUT2D eigenvalue weighted by Crippen LogP contribution is -2.12. The molecule has 1 aromatic rings.